The third-order valence-electron chi connectivity index (χ3n) is 5.55. The fraction of sp³-hybridized carbons (Fsp3) is 0.417. The zero-order valence-corrected chi connectivity index (χ0v) is 21.6. The monoisotopic (exact) mass is 551 g/mol. The second kappa shape index (κ2) is 12.5. The van der Waals surface area contributed by atoms with Gasteiger partial charge in [-0.25, -0.2) is 0 Å². The van der Waals surface area contributed by atoms with Crippen LogP contribution in [0.3, 0.4) is 0 Å². The lowest BCUT2D eigenvalue weighted by molar-refractivity contribution is 0.0827. The Bertz CT molecular complexity index is 902. The summed E-state index contributed by atoms with van der Waals surface area (Å²) in [6.45, 7) is 3.58. The van der Waals surface area contributed by atoms with Gasteiger partial charge in [-0.15, -0.1) is 24.0 Å². The molecule has 0 aliphatic carbocycles. The van der Waals surface area contributed by atoms with E-state index in [0.29, 0.717) is 18.0 Å². The summed E-state index contributed by atoms with van der Waals surface area (Å²) >= 11 is 0. The van der Waals surface area contributed by atoms with Crippen LogP contribution in [0.2, 0.25) is 0 Å². The van der Waals surface area contributed by atoms with Gasteiger partial charge in [-0.2, -0.15) is 0 Å². The third kappa shape index (κ3) is 7.01. The molecule has 1 aliphatic rings. The standard InChI is InChI=1S/C24H33N5O2.HI/c1-25-24(26-15-18-8-10-20(11-9-18)23(30)28(2)3)27-16-19-12-13-29(17-19)21-6-5-7-22(14-21)31-4;/h5-11,14,19H,12-13,15-17H2,1-4H3,(H2,25,26,27);1H. The zero-order valence-electron chi connectivity index (χ0n) is 19.3. The van der Waals surface area contributed by atoms with E-state index in [2.05, 4.69) is 32.7 Å². The average molecular weight is 551 g/mol. The van der Waals surface area contributed by atoms with E-state index < -0.39 is 0 Å². The molecular formula is C24H34IN5O2. The molecule has 1 aliphatic heterocycles. The van der Waals surface area contributed by atoms with Gasteiger partial charge in [0.25, 0.3) is 5.91 Å². The molecule has 2 aromatic rings. The number of nitrogens with zero attached hydrogens (tertiary/aromatic N) is 3. The van der Waals surface area contributed by atoms with E-state index in [4.69, 9.17) is 4.74 Å². The molecule has 1 unspecified atom stereocenters. The molecule has 0 bridgehead atoms. The van der Waals surface area contributed by atoms with Crippen molar-refractivity contribution in [3.63, 3.8) is 0 Å². The highest BCUT2D eigenvalue weighted by molar-refractivity contribution is 14.0. The second-order valence-electron chi connectivity index (χ2n) is 8.01. The highest BCUT2D eigenvalue weighted by Gasteiger charge is 2.23. The summed E-state index contributed by atoms with van der Waals surface area (Å²) in [5.41, 5.74) is 3.00. The van der Waals surface area contributed by atoms with Crippen molar-refractivity contribution in [3.05, 3.63) is 59.7 Å². The van der Waals surface area contributed by atoms with Crippen molar-refractivity contribution in [2.45, 2.75) is 13.0 Å². The molecule has 0 radical (unpaired) electrons. The first-order chi connectivity index (χ1) is 15.0. The van der Waals surface area contributed by atoms with Crippen LogP contribution in [-0.4, -0.2) is 64.7 Å². The van der Waals surface area contributed by atoms with Crippen molar-refractivity contribution in [1.82, 2.24) is 15.5 Å². The summed E-state index contributed by atoms with van der Waals surface area (Å²) in [7, 11) is 7.00. The molecule has 1 saturated heterocycles. The number of ether oxygens (including phenoxy) is 1. The van der Waals surface area contributed by atoms with Gasteiger partial charge in [0.2, 0.25) is 0 Å². The SMILES string of the molecule is CN=C(NCc1ccc(C(=O)N(C)C)cc1)NCC1CCN(c2cccc(OC)c2)C1.I. The minimum Gasteiger partial charge on any atom is -0.497 e. The van der Waals surface area contributed by atoms with Crippen LogP contribution in [0.15, 0.2) is 53.5 Å². The topological polar surface area (TPSA) is 69.2 Å². The summed E-state index contributed by atoms with van der Waals surface area (Å²) in [5, 5.41) is 6.80. The van der Waals surface area contributed by atoms with Gasteiger partial charge in [-0.1, -0.05) is 18.2 Å². The number of carbonyl (C=O) groups is 1. The lowest BCUT2D eigenvalue weighted by Gasteiger charge is -2.20. The Labute approximate surface area is 208 Å². The van der Waals surface area contributed by atoms with Crippen LogP contribution >= 0.6 is 24.0 Å². The maximum absolute atomic E-state index is 12.0. The molecule has 2 N–H and O–H groups in total. The number of methoxy groups -OCH3 is 1. The lowest BCUT2D eigenvalue weighted by Crippen LogP contribution is -2.39. The number of hydrogen-bond acceptors (Lipinski definition) is 4. The Morgan fingerprint density at radius 2 is 1.94 bits per heavy atom. The Morgan fingerprint density at radius 3 is 2.59 bits per heavy atom. The van der Waals surface area contributed by atoms with Gasteiger partial charge >= 0.3 is 0 Å². The Balaban J connectivity index is 0.00000363. The molecule has 0 aromatic heterocycles. The first kappa shape index (κ1) is 25.8. The number of halogens is 1. The number of carbonyl (C=O) groups excluding carboxylic acids is 1. The van der Waals surface area contributed by atoms with Crippen molar-refractivity contribution in [1.29, 1.82) is 0 Å². The van der Waals surface area contributed by atoms with Crippen LogP contribution in [0.4, 0.5) is 5.69 Å². The predicted molar refractivity (Wildman–Crippen MR) is 141 cm³/mol. The Hall–Kier alpha value is -2.49. The summed E-state index contributed by atoms with van der Waals surface area (Å²) in [4.78, 5) is 20.3. The van der Waals surface area contributed by atoms with E-state index >= 15 is 0 Å². The molecule has 1 atom stereocenters. The normalized spacial score (nSPS) is 15.7. The van der Waals surface area contributed by atoms with Crippen molar-refractivity contribution in [3.8, 4) is 5.75 Å². The van der Waals surface area contributed by atoms with Gasteiger partial charge in [0, 0.05) is 64.6 Å². The van der Waals surface area contributed by atoms with E-state index in [0.717, 1.165) is 43.3 Å². The van der Waals surface area contributed by atoms with Gasteiger partial charge in [-0.05, 0) is 42.2 Å². The molecule has 8 heteroatoms. The third-order valence-corrected chi connectivity index (χ3v) is 5.55. The number of anilines is 1. The van der Waals surface area contributed by atoms with Gasteiger partial charge in [0.05, 0.1) is 7.11 Å². The number of rotatable bonds is 7. The quantitative estimate of drug-likeness (QED) is 0.315. The van der Waals surface area contributed by atoms with Gasteiger partial charge < -0.3 is 25.2 Å². The minimum absolute atomic E-state index is 0. The first-order valence-corrected chi connectivity index (χ1v) is 10.6. The fourth-order valence-electron chi connectivity index (χ4n) is 3.71. The Morgan fingerprint density at radius 1 is 1.19 bits per heavy atom. The first-order valence-electron chi connectivity index (χ1n) is 10.6. The molecule has 1 fully saturated rings. The van der Waals surface area contributed by atoms with Crippen LogP contribution in [-0.2, 0) is 6.54 Å². The van der Waals surface area contributed by atoms with Crippen LogP contribution in [0.5, 0.6) is 5.75 Å². The van der Waals surface area contributed by atoms with Crippen LogP contribution in [0.25, 0.3) is 0 Å². The number of nitrogens with one attached hydrogen (secondary N) is 2. The molecule has 1 heterocycles. The second-order valence-corrected chi connectivity index (χ2v) is 8.01. The van der Waals surface area contributed by atoms with Crippen LogP contribution in [0, 0.1) is 5.92 Å². The molecule has 1 amide bonds. The molecule has 174 valence electrons. The number of amides is 1. The lowest BCUT2D eigenvalue weighted by atomic mass is 10.1. The highest BCUT2D eigenvalue weighted by atomic mass is 127. The highest BCUT2D eigenvalue weighted by Crippen LogP contribution is 2.26. The van der Waals surface area contributed by atoms with Gasteiger partial charge in [0.1, 0.15) is 5.75 Å². The molecule has 2 aromatic carbocycles. The molecule has 3 rings (SSSR count). The molecular weight excluding hydrogens is 517 g/mol. The van der Waals surface area contributed by atoms with E-state index in [1.807, 2.05) is 36.4 Å². The molecule has 7 nitrogen and oxygen atoms in total. The van der Waals surface area contributed by atoms with Crippen LogP contribution in [0.1, 0.15) is 22.3 Å². The van der Waals surface area contributed by atoms with E-state index in [1.165, 1.54) is 5.69 Å². The summed E-state index contributed by atoms with van der Waals surface area (Å²) in [6, 6.07) is 15.9. The number of benzene rings is 2. The van der Waals surface area contributed by atoms with E-state index in [9.17, 15) is 4.79 Å². The predicted octanol–water partition coefficient (Wildman–Crippen LogP) is 3.21. The van der Waals surface area contributed by atoms with E-state index in [1.54, 1.807) is 33.2 Å². The number of aliphatic imine (C=N–C) groups is 1. The van der Waals surface area contributed by atoms with Crippen molar-refractivity contribution in [2.75, 3.05) is 52.8 Å². The van der Waals surface area contributed by atoms with Crippen molar-refractivity contribution < 1.29 is 9.53 Å². The fourth-order valence-corrected chi connectivity index (χ4v) is 3.71. The zero-order chi connectivity index (χ0) is 22.2. The summed E-state index contributed by atoms with van der Waals surface area (Å²) < 4.78 is 5.34. The Kier molecular flexibility index (Phi) is 10.1. The minimum atomic E-state index is 0. The summed E-state index contributed by atoms with van der Waals surface area (Å²) in [6.07, 6.45) is 1.14. The molecule has 0 spiro atoms. The number of hydrogen-bond donors (Lipinski definition) is 2. The smallest absolute Gasteiger partial charge is 0.253 e. The maximum Gasteiger partial charge on any atom is 0.253 e. The largest absolute Gasteiger partial charge is 0.497 e. The van der Waals surface area contributed by atoms with Crippen molar-refractivity contribution in [2.24, 2.45) is 10.9 Å². The summed E-state index contributed by atoms with van der Waals surface area (Å²) in [5.74, 6) is 2.24. The van der Waals surface area contributed by atoms with Gasteiger partial charge in [-0.3, -0.25) is 9.79 Å². The van der Waals surface area contributed by atoms with E-state index in [-0.39, 0.29) is 29.9 Å². The molecule has 32 heavy (non-hydrogen) atoms. The molecule has 0 saturated carbocycles. The number of guanidine groups is 1. The average Bonchev–Trinajstić information content (AvgIpc) is 3.28. The van der Waals surface area contributed by atoms with Gasteiger partial charge in [0.15, 0.2) is 5.96 Å². The maximum atomic E-state index is 12.0. The van der Waals surface area contributed by atoms with Crippen LogP contribution < -0.4 is 20.3 Å². The van der Waals surface area contributed by atoms with Crippen molar-refractivity contribution >= 4 is 41.5 Å².